The molecule has 1 aromatic carbocycles. The van der Waals surface area contributed by atoms with Crippen molar-refractivity contribution < 1.29 is 0 Å². The second-order valence-corrected chi connectivity index (χ2v) is 6.49. The highest BCUT2D eigenvalue weighted by Gasteiger charge is 2.37. The minimum Gasteiger partial charge on any atom is -0.383 e. The molecule has 1 aromatic rings. The van der Waals surface area contributed by atoms with Crippen LogP contribution in [-0.2, 0) is 0 Å². The van der Waals surface area contributed by atoms with Gasteiger partial charge >= 0.3 is 0 Å². The number of halogens is 1. The molecule has 1 aliphatic carbocycles. The third kappa shape index (κ3) is 2.05. The molecule has 0 amide bonds. The Kier molecular flexibility index (Phi) is 2.81. The monoisotopic (exact) mass is 294 g/mol. The summed E-state index contributed by atoms with van der Waals surface area (Å²) in [7, 11) is 2.22. The summed E-state index contributed by atoms with van der Waals surface area (Å²) in [5, 5.41) is 3.65. The summed E-state index contributed by atoms with van der Waals surface area (Å²) >= 11 is 3.56. The molecule has 1 fully saturated rings. The lowest BCUT2D eigenvalue weighted by atomic mass is 9.86. The Labute approximate surface area is 112 Å². The highest BCUT2D eigenvalue weighted by molar-refractivity contribution is 9.10. The van der Waals surface area contributed by atoms with E-state index in [9.17, 15) is 0 Å². The topological polar surface area (TPSA) is 15.3 Å². The van der Waals surface area contributed by atoms with E-state index in [1.807, 2.05) is 0 Å². The third-order valence-corrected chi connectivity index (χ3v) is 4.75. The molecule has 0 bridgehead atoms. The Bertz CT molecular complexity index is 424. The van der Waals surface area contributed by atoms with Crippen molar-refractivity contribution in [3.63, 3.8) is 0 Å². The fourth-order valence-electron chi connectivity index (χ4n) is 3.36. The van der Waals surface area contributed by atoms with Gasteiger partial charge in [-0.2, -0.15) is 0 Å². The number of benzene rings is 1. The average molecular weight is 295 g/mol. The predicted octanol–water partition coefficient (Wildman–Crippen LogP) is 3.87. The number of fused-ring (bicyclic) bond motifs is 1. The number of hydrogen-bond acceptors (Lipinski definition) is 2. The number of anilines is 2. The van der Waals surface area contributed by atoms with Gasteiger partial charge in [0.05, 0.1) is 11.4 Å². The lowest BCUT2D eigenvalue weighted by Crippen LogP contribution is -2.36. The SMILES string of the molecule is CN1CC2(CCCC2)CNc2ccc(Br)cc21. The van der Waals surface area contributed by atoms with E-state index >= 15 is 0 Å². The van der Waals surface area contributed by atoms with Crippen LogP contribution < -0.4 is 10.2 Å². The zero-order valence-electron chi connectivity index (χ0n) is 10.3. The maximum absolute atomic E-state index is 3.65. The molecule has 2 aliphatic rings. The first-order chi connectivity index (χ1) is 8.19. The van der Waals surface area contributed by atoms with E-state index < -0.39 is 0 Å². The molecule has 3 heteroatoms. The van der Waals surface area contributed by atoms with Crippen molar-refractivity contribution in [1.29, 1.82) is 0 Å². The molecule has 1 aliphatic heterocycles. The molecule has 17 heavy (non-hydrogen) atoms. The van der Waals surface area contributed by atoms with E-state index in [1.54, 1.807) is 0 Å². The molecular formula is C14H19BrN2. The molecule has 2 nitrogen and oxygen atoms in total. The second-order valence-electron chi connectivity index (χ2n) is 5.58. The molecule has 0 aromatic heterocycles. The van der Waals surface area contributed by atoms with Crippen LogP contribution in [0.15, 0.2) is 22.7 Å². The Morgan fingerprint density at radius 3 is 2.82 bits per heavy atom. The van der Waals surface area contributed by atoms with Crippen LogP contribution in [0.4, 0.5) is 11.4 Å². The number of rotatable bonds is 0. The standard InChI is InChI=1S/C14H19BrN2/c1-17-10-14(6-2-3-7-14)9-16-12-5-4-11(15)8-13(12)17/h4-5,8,16H,2-3,6-7,9-10H2,1H3. The molecule has 3 rings (SSSR count). The Hall–Kier alpha value is -0.700. The van der Waals surface area contributed by atoms with Gasteiger partial charge in [0.15, 0.2) is 0 Å². The van der Waals surface area contributed by atoms with E-state index in [1.165, 1.54) is 43.6 Å². The molecule has 1 N–H and O–H groups in total. The lowest BCUT2D eigenvalue weighted by Gasteiger charge is -2.31. The van der Waals surface area contributed by atoms with Crippen molar-refractivity contribution in [3.05, 3.63) is 22.7 Å². The van der Waals surface area contributed by atoms with E-state index in [0.717, 1.165) is 11.0 Å². The fraction of sp³-hybridized carbons (Fsp3) is 0.571. The largest absolute Gasteiger partial charge is 0.383 e. The molecule has 92 valence electrons. The first-order valence-corrected chi connectivity index (χ1v) is 7.22. The highest BCUT2D eigenvalue weighted by atomic mass is 79.9. The van der Waals surface area contributed by atoms with E-state index in [-0.39, 0.29) is 0 Å². The van der Waals surface area contributed by atoms with Gasteiger partial charge < -0.3 is 10.2 Å². The highest BCUT2D eigenvalue weighted by Crippen LogP contribution is 2.43. The molecule has 1 spiro atoms. The van der Waals surface area contributed by atoms with Gasteiger partial charge in [-0.15, -0.1) is 0 Å². The summed E-state index contributed by atoms with van der Waals surface area (Å²) in [5.41, 5.74) is 3.10. The lowest BCUT2D eigenvalue weighted by molar-refractivity contribution is 0.330. The van der Waals surface area contributed by atoms with Gasteiger partial charge in [0.2, 0.25) is 0 Å². The molecular weight excluding hydrogens is 276 g/mol. The maximum Gasteiger partial charge on any atom is 0.0610 e. The summed E-state index contributed by atoms with van der Waals surface area (Å²) in [6.45, 7) is 2.31. The summed E-state index contributed by atoms with van der Waals surface area (Å²) in [6, 6.07) is 6.52. The minimum absolute atomic E-state index is 0.500. The molecule has 1 saturated carbocycles. The Morgan fingerprint density at radius 1 is 1.29 bits per heavy atom. The summed E-state index contributed by atoms with van der Waals surface area (Å²) < 4.78 is 1.16. The first kappa shape index (κ1) is 11.4. The van der Waals surface area contributed by atoms with E-state index in [2.05, 4.69) is 51.4 Å². The smallest absolute Gasteiger partial charge is 0.0610 e. The van der Waals surface area contributed by atoms with E-state index in [4.69, 9.17) is 0 Å². The van der Waals surface area contributed by atoms with Crippen molar-refractivity contribution in [2.75, 3.05) is 30.4 Å². The quantitative estimate of drug-likeness (QED) is 0.781. The van der Waals surface area contributed by atoms with Crippen LogP contribution >= 0.6 is 15.9 Å². The summed E-state index contributed by atoms with van der Waals surface area (Å²) in [5.74, 6) is 0. The van der Waals surface area contributed by atoms with Gasteiger partial charge in [-0.05, 0) is 31.0 Å². The molecule has 0 unspecified atom stereocenters. The van der Waals surface area contributed by atoms with Crippen molar-refractivity contribution in [2.24, 2.45) is 5.41 Å². The molecule has 0 saturated heterocycles. The van der Waals surface area contributed by atoms with Crippen molar-refractivity contribution >= 4 is 27.3 Å². The number of nitrogens with zero attached hydrogens (tertiary/aromatic N) is 1. The van der Waals surface area contributed by atoms with Gasteiger partial charge in [0.1, 0.15) is 0 Å². The van der Waals surface area contributed by atoms with Gasteiger partial charge in [0.25, 0.3) is 0 Å². The van der Waals surface area contributed by atoms with Crippen LogP contribution in [0.2, 0.25) is 0 Å². The van der Waals surface area contributed by atoms with Crippen LogP contribution in [0.1, 0.15) is 25.7 Å². The predicted molar refractivity (Wildman–Crippen MR) is 76.8 cm³/mol. The van der Waals surface area contributed by atoms with Crippen LogP contribution in [0.25, 0.3) is 0 Å². The van der Waals surface area contributed by atoms with Gasteiger partial charge in [-0.3, -0.25) is 0 Å². The Morgan fingerprint density at radius 2 is 2.06 bits per heavy atom. The normalized spacial score (nSPS) is 22.1. The number of nitrogens with one attached hydrogen (secondary N) is 1. The third-order valence-electron chi connectivity index (χ3n) is 4.26. The Balaban J connectivity index is 1.94. The fourth-order valence-corrected chi connectivity index (χ4v) is 3.71. The summed E-state index contributed by atoms with van der Waals surface area (Å²) in [4.78, 5) is 2.42. The van der Waals surface area contributed by atoms with Gasteiger partial charge in [0, 0.05) is 30.0 Å². The zero-order chi connectivity index (χ0) is 11.9. The maximum atomic E-state index is 3.65. The zero-order valence-corrected chi connectivity index (χ0v) is 11.9. The molecule has 1 heterocycles. The van der Waals surface area contributed by atoms with Crippen LogP contribution in [0.3, 0.4) is 0 Å². The van der Waals surface area contributed by atoms with Crippen LogP contribution in [-0.4, -0.2) is 20.1 Å². The van der Waals surface area contributed by atoms with E-state index in [0.29, 0.717) is 5.41 Å². The van der Waals surface area contributed by atoms with Crippen molar-refractivity contribution in [1.82, 2.24) is 0 Å². The van der Waals surface area contributed by atoms with Crippen LogP contribution in [0, 0.1) is 5.41 Å². The average Bonchev–Trinajstić information content (AvgIpc) is 2.71. The number of hydrogen-bond donors (Lipinski definition) is 1. The van der Waals surface area contributed by atoms with Crippen molar-refractivity contribution in [3.8, 4) is 0 Å². The van der Waals surface area contributed by atoms with Gasteiger partial charge in [-0.25, -0.2) is 0 Å². The molecule has 0 radical (unpaired) electrons. The minimum atomic E-state index is 0.500. The molecule has 0 atom stereocenters. The summed E-state index contributed by atoms with van der Waals surface area (Å²) in [6.07, 6.45) is 5.55. The first-order valence-electron chi connectivity index (χ1n) is 6.43. The van der Waals surface area contributed by atoms with Gasteiger partial charge in [-0.1, -0.05) is 28.8 Å². The van der Waals surface area contributed by atoms with Crippen molar-refractivity contribution in [2.45, 2.75) is 25.7 Å². The second kappa shape index (κ2) is 4.20. The van der Waals surface area contributed by atoms with Crippen LogP contribution in [0.5, 0.6) is 0 Å².